The molecular formula is C12H13ClFNO. The van der Waals surface area contributed by atoms with Crippen molar-refractivity contribution in [1.82, 2.24) is 5.32 Å². The number of carbonyl (C=O) groups excluding carboxylic acids is 1. The van der Waals surface area contributed by atoms with Gasteiger partial charge in [-0.1, -0.05) is 17.7 Å². The number of alkyl halides is 1. The largest absolute Gasteiger partial charge is 0.352 e. The lowest BCUT2D eigenvalue weighted by Gasteiger charge is -2.11. The molecule has 0 radical (unpaired) electrons. The standard InChI is InChI=1S/C12H13ClFNO/c1-7-2-5-10(14)9(6-7)11(13)12(16)15-8-3-4-8/h2,5-6,8,11H,3-4H2,1H3,(H,15,16). The van der Waals surface area contributed by atoms with Crippen molar-refractivity contribution >= 4 is 17.5 Å². The van der Waals surface area contributed by atoms with Crippen LogP contribution in [-0.4, -0.2) is 11.9 Å². The van der Waals surface area contributed by atoms with Crippen LogP contribution in [0.15, 0.2) is 18.2 Å². The summed E-state index contributed by atoms with van der Waals surface area (Å²) in [5.74, 6) is -0.745. The van der Waals surface area contributed by atoms with Gasteiger partial charge in [0.25, 0.3) is 0 Å². The monoisotopic (exact) mass is 241 g/mol. The van der Waals surface area contributed by atoms with E-state index in [0.717, 1.165) is 18.4 Å². The van der Waals surface area contributed by atoms with Crippen LogP contribution in [0.25, 0.3) is 0 Å². The fourth-order valence-electron chi connectivity index (χ4n) is 1.50. The molecule has 0 bridgehead atoms. The Bertz CT molecular complexity index is 417. The predicted octanol–water partition coefficient (Wildman–Crippen LogP) is 2.69. The van der Waals surface area contributed by atoms with Gasteiger partial charge in [-0.05, 0) is 25.8 Å². The highest BCUT2D eigenvalue weighted by atomic mass is 35.5. The molecule has 1 aliphatic rings. The van der Waals surface area contributed by atoms with E-state index < -0.39 is 11.2 Å². The molecule has 1 aromatic rings. The number of rotatable bonds is 3. The first-order valence-corrected chi connectivity index (χ1v) is 5.72. The van der Waals surface area contributed by atoms with Crippen LogP contribution in [0.1, 0.15) is 29.3 Å². The molecule has 0 aliphatic heterocycles. The van der Waals surface area contributed by atoms with E-state index in [1.54, 1.807) is 12.1 Å². The number of carbonyl (C=O) groups is 1. The van der Waals surface area contributed by atoms with E-state index in [2.05, 4.69) is 5.32 Å². The summed E-state index contributed by atoms with van der Waals surface area (Å²) in [5.41, 5.74) is 1.14. The molecule has 2 rings (SSSR count). The van der Waals surface area contributed by atoms with Gasteiger partial charge in [0.2, 0.25) is 5.91 Å². The Labute approximate surface area is 98.8 Å². The Kier molecular flexibility index (Phi) is 3.15. The Morgan fingerprint density at radius 1 is 1.56 bits per heavy atom. The normalized spacial score (nSPS) is 16.9. The molecule has 0 heterocycles. The van der Waals surface area contributed by atoms with Crippen LogP contribution in [0.3, 0.4) is 0 Å². The number of hydrogen-bond donors (Lipinski definition) is 1. The molecule has 16 heavy (non-hydrogen) atoms. The molecular weight excluding hydrogens is 229 g/mol. The molecule has 1 N–H and O–H groups in total. The van der Waals surface area contributed by atoms with Gasteiger partial charge in [-0.3, -0.25) is 4.79 Å². The topological polar surface area (TPSA) is 29.1 Å². The minimum absolute atomic E-state index is 0.238. The molecule has 1 fully saturated rings. The number of nitrogens with one attached hydrogen (secondary N) is 1. The zero-order chi connectivity index (χ0) is 11.7. The van der Waals surface area contributed by atoms with Crippen LogP contribution in [0.5, 0.6) is 0 Å². The second-order valence-electron chi connectivity index (χ2n) is 4.17. The Morgan fingerprint density at radius 3 is 2.88 bits per heavy atom. The number of benzene rings is 1. The summed E-state index contributed by atoms with van der Waals surface area (Å²) < 4.78 is 13.5. The van der Waals surface area contributed by atoms with Crippen LogP contribution in [0.4, 0.5) is 4.39 Å². The lowest BCUT2D eigenvalue weighted by molar-refractivity contribution is -0.121. The third-order valence-electron chi connectivity index (χ3n) is 2.58. The van der Waals surface area contributed by atoms with Crippen LogP contribution >= 0.6 is 11.6 Å². The molecule has 1 saturated carbocycles. The highest BCUT2D eigenvalue weighted by molar-refractivity contribution is 6.30. The Hall–Kier alpha value is -1.09. The summed E-state index contributed by atoms with van der Waals surface area (Å²) in [4.78, 5) is 11.6. The molecule has 0 aromatic heterocycles. The SMILES string of the molecule is Cc1ccc(F)c(C(Cl)C(=O)NC2CC2)c1. The van der Waals surface area contributed by atoms with E-state index in [1.807, 2.05) is 6.92 Å². The van der Waals surface area contributed by atoms with E-state index in [-0.39, 0.29) is 17.5 Å². The summed E-state index contributed by atoms with van der Waals surface area (Å²) in [6.07, 6.45) is 1.98. The zero-order valence-corrected chi connectivity index (χ0v) is 9.72. The van der Waals surface area contributed by atoms with Crippen molar-refractivity contribution in [2.45, 2.75) is 31.2 Å². The van der Waals surface area contributed by atoms with E-state index in [9.17, 15) is 9.18 Å². The third kappa shape index (κ3) is 2.53. The van der Waals surface area contributed by atoms with Gasteiger partial charge in [-0.2, -0.15) is 0 Å². The summed E-state index contributed by atoms with van der Waals surface area (Å²) >= 11 is 5.95. The molecule has 1 aromatic carbocycles. The van der Waals surface area contributed by atoms with Crippen LogP contribution < -0.4 is 5.32 Å². The zero-order valence-electron chi connectivity index (χ0n) is 8.97. The Balaban J connectivity index is 2.14. The number of hydrogen-bond acceptors (Lipinski definition) is 1. The van der Waals surface area contributed by atoms with Crippen molar-refractivity contribution in [2.75, 3.05) is 0 Å². The average molecular weight is 242 g/mol. The minimum Gasteiger partial charge on any atom is -0.352 e. The summed E-state index contributed by atoms with van der Waals surface area (Å²) in [5, 5.41) is 1.82. The van der Waals surface area contributed by atoms with E-state index >= 15 is 0 Å². The number of amides is 1. The van der Waals surface area contributed by atoms with Gasteiger partial charge in [0.15, 0.2) is 0 Å². The number of aryl methyl sites for hydroxylation is 1. The lowest BCUT2D eigenvalue weighted by Crippen LogP contribution is -2.29. The van der Waals surface area contributed by atoms with Crippen LogP contribution in [0.2, 0.25) is 0 Å². The Morgan fingerprint density at radius 2 is 2.25 bits per heavy atom. The molecule has 0 spiro atoms. The second kappa shape index (κ2) is 4.42. The lowest BCUT2D eigenvalue weighted by atomic mass is 10.1. The van der Waals surface area contributed by atoms with Gasteiger partial charge in [0, 0.05) is 11.6 Å². The van der Waals surface area contributed by atoms with Gasteiger partial charge in [-0.25, -0.2) is 4.39 Å². The molecule has 1 aliphatic carbocycles. The van der Waals surface area contributed by atoms with Crippen molar-refractivity contribution in [3.8, 4) is 0 Å². The maximum absolute atomic E-state index is 13.5. The highest BCUT2D eigenvalue weighted by Gasteiger charge is 2.28. The quantitative estimate of drug-likeness (QED) is 0.810. The number of halogens is 2. The van der Waals surface area contributed by atoms with Gasteiger partial charge in [0.1, 0.15) is 11.2 Å². The van der Waals surface area contributed by atoms with Crippen LogP contribution in [-0.2, 0) is 4.79 Å². The predicted molar refractivity (Wildman–Crippen MR) is 60.9 cm³/mol. The fourth-order valence-corrected chi connectivity index (χ4v) is 1.73. The van der Waals surface area contributed by atoms with Crippen molar-refractivity contribution < 1.29 is 9.18 Å². The van der Waals surface area contributed by atoms with Crippen molar-refractivity contribution in [1.29, 1.82) is 0 Å². The van der Waals surface area contributed by atoms with E-state index in [4.69, 9.17) is 11.6 Å². The molecule has 4 heteroatoms. The first-order chi connectivity index (χ1) is 7.58. The maximum Gasteiger partial charge on any atom is 0.242 e. The second-order valence-corrected chi connectivity index (χ2v) is 4.61. The fraction of sp³-hybridized carbons (Fsp3) is 0.417. The summed E-state index contributed by atoms with van der Waals surface area (Å²) in [6, 6.07) is 4.84. The van der Waals surface area contributed by atoms with Crippen LogP contribution in [0, 0.1) is 12.7 Å². The van der Waals surface area contributed by atoms with Gasteiger partial charge >= 0.3 is 0 Å². The van der Waals surface area contributed by atoms with Gasteiger partial charge < -0.3 is 5.32 Å². The van der Waals surface area contributed by atoms with Gasteiger partial charge in [0.05, 0.1) is 0 Å². The first-order valence-electron chi connectivity index (χ1n) is 5.28. The molecule has 0 saturated heterocycles. The van der Waals surface area contributed by atoms with E-state index in [1.165, 1.54) is 6.07 Å². The minimum atomic E-state index is -0.944. The molecule has 1 amide bonds. The first kappa shape index (κ1) is 11.4. The maximum atomic E-state index is 13.5. The summed E-state index contributed by atoms with van der Waals surface area (Å²) in [6.45, 7) is 1.84. The molecule has 2 nitrogen and oxygen atoms in total. The molecule has 1 atom stereocenters. The van der Waals surface area contributed by atoms with Crippen molar-refractivity contribution in [2.24, 2.45) is 0 Å². The van der Waals surface area contributed by atoms with E-state index in [0.29, 0.717) is 0 Å². The third-order valence-corrected chi connectivity index (χ3v) is 3.01. The molecule has 86 valence electrons. The van der Waals surface area contributed by atoms with Gasteiger partial charge in [-0.15, -0.1) is 11.6 Å². The molecule has 1 unspecified atom stereocenters. The van der Waals surface area contributed by atoms with Crippen molar-refractivity contribution in [3.63, 3.8) is 0 Å². The average Bonchev–Trinajstić information content (AvgIpc) is 3.04. The van der Waals surface area contributed by atoms with Crippen molar-refractivity contribution in [3.05, 3.63) is 35.1 Å². The highest BCUT2D eigenvalue weighted by Crippen LogP contribution is 2.27. The summed E-state index contributed by atoms with van der Waals surface area (Å²) in [7, 11) is 0. The smallest absolute Gasteiger partial charge is 0.242 e.